The number of methoxy groups -OCH3 is 1. The second-order valence-electron chi connectivity index (χ2n) is 4.36. The molecule has 2 heterocycles. The van der Waals surface area contributed by atoms with Crippen molar-refractivity contribution in [2.75, 3.05) is 38.2 Å². The zero-order valence-electron chi connectivity index (χ0n) is 11.3. The van der Waals surface area contributed by atoms with Crippen LogP contribution < -0.4 is 16.4 Å². The Balaban J connectivity index is 1.97. The summed E-state index contributed by atoms with van der Waals surface area (Å²) in [6, 6.07) is 3.66. The topological polar surface area (TPSA) is 110 Å². The van der Waals surface area contributed by atoms with Gasteiger partial charge in [0.2, 0.25) is 0 Å². The Hall–Kier alpha value is -2.51. The highest BCUT2D eigenvalue weighted by Crippen LogP contribution is 2.18. The Kier molecular flexibility index (Phi) is 4.24. The fraction of sp³-hybridized carbons (Fsp3) is 0.417. The molecule has 0 spiro atoms. The van der Waals surface area contributed by atoms with Crippen LogP contribution in [0.3, 0.4) is 0 Å². The molecule has 0 aliphatic carbocycles. The van der Waals surface area contributed by atoms with Crippen LogP contribution in [0.15, 0.2) is 23.3 Å². The van der Waals surface area contributed by atoms with Gasteiger partial charge in [-0.25, -0.2) is 9.78 Å². The predicted octanol–water partition coefficient (Wildman–Crippen LogP) is -0.125. The van der Waals surface area contributed by atoms with Gasteiger partial charge in [-0.15, -0.1) is 0 Å². The molecule has 1 aliphatic heterocycles. The minimum Gasteiger partial charge on any atom is -0.453 e. The van der Waals surface area contributed by atoms with Gasteiger partial charge in [0.15, 0.2) is 11.8 Å². The number of hydrogen-bond acceptors (Lipinski definition) is 5. The normalized spacial score (nSPS) is 14.8. The first-order valence-electron chi connectivity index (χ1n) is 6.23. The highest BCUT2D eigenvalue weighted by Gasteiger charge is 2.21. The number of pyridine rings is 1. The number of rotatable bonds is 2. The number of carbonyl (C=O) groups excluding carboxylic acids is 1. The third-order valence-corrected chi connectivity index (χ3v) is 3.05. The summed E-state index contributed by atoms with van der Waals surface area (Å²) < 4.78 is 4.70. The average molecular weight is 278 g/mol. The van der Waals surface area contributed by atoms with Crippen LogP contribution in [0.4, 0.5) is 16.3 Å². The van der Waals surface area contributed by atoms with Gasteiger partial charge in [0.25, 0.3) is 0 Å². The number of nitrogens with zero attached hydrogens (tertiary/aromatic N) is 4. The van der Waals surface area contributed by atoms with Crippen molar-refractivity contribution in [1.29, 1.82) is 0 Å². The van der Waals surface area contributed by atoms with Crippen LogP contribution in [0.5, 0.6) is 0 Å². The maximum atomic E-state index is 11.4. The smallest absolute Gasteiger partial charge is 0.409 e. The first-order valence-corrected chi connectivity index (χ1v) is 6.23. The molecule has 1 aromatic rings. The van der Waals surface area contributed by atoms with Crippen LogP contribution in [-0.4, -0.2) is 55.2 Å². The molecule has 0 bridgehead atoms. The molecule has 8 nitrogen and oxygen atoms in total. The molecule has 4 N–H and O–H groups in total. The van der Waals surface area contributed by atoms with Gasteiger partial charge in [-0.3, -0.25) is 0 Å². The highest BCUT2D eigenvalue weighted by molar-refractivity contribution is 5.78. The van der Waals surface area contributed by atoms with Crippen LogP contribution >= 0.6 is 0 Å². The third kappa shape index (κ3) is 3.28. The Labute approximate surface area is 117 Å². The number of carbonyl (C=O) groups is 1. The summed E-state index contributed by atoms with van der Waals surface area (Å²) in [4.78, 5) is 23.2. The molecule has 8 heteroatoms. The molecule has 1 aromatic heterocycles. The van der Waals surface area contributed by atoms with E-state index in [9.17, 15) is 4.79 Å². The molecule has 108 valence electrons. The van der Waals surface area contributed by atoms with Gasteiger partial charge in [0.1, 0.15) is 0 Å². The van der Waals surface area contributed by atoms with E-state index in [4.69, 9.17) is 16.2 Å². The third-order valence-electron chi connectivity index (χ3n) is 3.05. The van der Waals surface area contributed by atoms with E-state index in [0.29, 0.717) is 18.9 Å². The van der Waals surface area contributed by atoms with Gasteiger partial charge >= 0.3 is 6.09 Å². The number of nitrogens with two attached hydrogens (primary N) is 2. The van der Waals surface area contributed by atoms with E-state index in [1.807, 2.05) is 6.07 Å². The van der Waals surface area contributed by atoms with Crippen molar-refractivity contribution >= 4 is 23.6 Å². The summed E-state index contributed by atoms with van der Waals surface area (Å²) in [5.74, 6) is 0.457. The molecule has 2 rings (SSSR count). The number of aliphatic imine (C=N–C) groups is 1. The first kappa shape index (κ1) is 13.9. The lowest BCUT2D eigenvalue weighted by molar-refractivity contribution is 0.121. The second kappa shape index (κ2) is 6.09. The summed E-state index contributed by atoms with van der Waals surface area (Å²) in [5, 5.41) is 0. The zero-order valence-corrected chi connectivity index (χ0v) is 11.3. The van der Waals surface area contributed by atoms with Gasteiger partial charge in [-0.2, -0.15) is 4.99 Å². The first-order chi connectivity index (χ1) is 9.60. The molecule has 1 aliphatic rings. The standard InChI is InChI=1S/C12H18N6O2/c1-20-12(19)18-6-4-17(5-7-18)9-2-3-10(15-8-9)16-11(13)14/h2-3,8H,4-7H2,1H3,(H4,13,14,15,16). The van der Waals surface area contributed by atoms with E-state index < -0.39 is 0 Å². The molecule has 0 unspecified atom stereocenters. The van der Waals surface area contributed by atoms with Gasteiger partial charge in [-0.05, 0) is 12.1 Å². The van der Waals surface area contributed by atoms with Crippen LogP contribution in [0.25, 0.3) is 0 Å². The molecule has 1 saturated heterocycles. The van der Waals surface area contributed by atoms with Crippen molar-refractivity contribution < 1.29 is 9.53 Å². The number of piperazine rings is 1. The lowest BCUT2D eigenvalue weighted by Gasteiger charge is -2.35. The maximum Gasteiger partial charge on any atom is 0.409 e. The number of amides is 1. The number of ether oxygens (including phenoxy) is 1. The van der Waals surface area contributed by atoms with Crippen LogP contribution in [-0.2, 0) is 4.74 Å². The Morgan fingerprint density at radius 3 is 2.50 bits per heavy atom. The van der Waals surface area contributed by atoms with Crippen molar-refractivity contribution in [2.24, 2.45) is 16.5 Å². The average Bonchev–Trinajstić information content (AvgIpc) is 2.47. The van der Waals surface area contributed by atoms with Crippen molar-refractivity contribution in [3.05, 3.63) is 18.3 Å². The lowest BCUT2D eigenvalue weighted by atomic mass is 10.3. The molecular weight excluding hydrogens is 260 g/mol. The Morgan fingerprint density at radius 1 is 1.30 bits per heavy atom. The molecule has 1 fully saturated rings. The van der Waals surface area contributed by atoms with Gasteiger partial charge in [-0.1, -0.05) is 0 Å². The largest absolute Gasteiger partial charge is 0.453 e. The molecule has 20 heavy (non-hydrogen) atoms. The monoisotopic (exact) mass is 278 g/mol. The second-order valence-corrected chi connectivity index (χ2v) is 4.36. The molecule has 1 amide bonds. The van der Waals surface area contributed by atoms with Crippen molar-refractivity contribution in [3.8, 4) is 0 Å². The number of guanidine groups is 1. The van der Waals surface area contributed by atoms with E-state index in [1.165, 1.54) is 7.11 Å². The highest BCUT2D eigenvalue weighted by atomic mass is 16.5. The van der Waals surface area contributed by atoms with E-state index in [2.05, 4.69) is 14.9 Å². The summed E-state index contributed by atoms with van der Waals surface area (Å²) in [6.45, 7) is 2.72. The molecular formula is C12H18N6O2. The van der Waals surface area contributed by atoms with E-state index >= 15 is 0 Å². The SMILES string of the molecule is COC(=O)N1CCN(c2ccc(N=C(N)N)nc2)CC1. The lowest BCUT2D eigenvalue weighted by Crippen LogP contribution is -2.48. The van der Waals surface area contributed by atoms with E-state index in [1.54, 1.807) is 17.2 Å². The summed E-state index contributed by atoms with van der Waals surface area (Å²) >= 11 is 0. The van der Waals surface area contributed by atoms with Crippen LogP contribution in [0.2, 0.25) is 0 Å². The fourth-order valence-corrected chi connectivity index (χ4v) is 2.04. The fourth-order valence-electron chi connectivity index (χ4n) is 2.04. The maximum absolute atomic E-state index is 11.4. The van der Waals surface area contributed by atoms with Gasteiger partial charge in [0.05, 0.1) is 19.0 Å². The number of anilines is 1. The van der Waals surface area contributed by atoms with Gasteiger partial charge in [0, 0.05) is 26.2 Å². The van der Waals surface area contributed by atoms with Crippen molar-refractivity contribution in [2.45, 2.75) is 0 Å². The van der Waals surface area contributed by atoms with Crippen molar-refractivity contribution in [1.82, 2.24) is 9.88 Å². The molecule has 0 aromatic carbocycles. The number of hydrogen-bond donors (Lipinski definition) is 2. The Morgan fingerprint density at radius 2 is 2.00 bits per heavy atom. The van der Waals surface area contributed by atoms with Gasteiger partial charge < -0.3 is 26.0 Å². The molecule has 0 radical (unpaired) electrons. The summed E-state index contributed by atoms with van der Waals surface area (Å²) in [6.07, 6.45) is 1.43. The number of aromatic nitrogens is 1. The van der Waals surface area contributed by atoms with Crippen LogP contribution in [0, 0.1) is 0 Å². The summed E-state index contributed by atoms with van der Waals surface area (Å²) in [5.41, 5.74) is 11.6. The quantitative estimate of drug-likeness (QED) is 0.576. The van der Waals surface area contributed by atoms with E-state index in [0.717, 1.165) is 18.8 Å². The predicted molar refractivity (Wildman–Crippen MR) is 75.9 cm³/mol. The minimum absolute atomic E-state index is 0.0167. The van der Waals surface area contributed by atoms with Crippen LogP contribution in [0.1, 0.15) is 0 Å². The molecule has 0 atom stereocenters. The minimum atomic E-state index is -0.286. The Bertz CT molecular complexity index is 489. The molecule has 0 saturated carbocycles. The van der Waals surface area contributed by atoms with Crippen molar-refractivity contribution in [3.63, 3.8) is 0 Å². The van der Waals surface area contributed by atoms with E-state index in [-0.39, 0.29) is 12.1 Å². The summed E-state index contributed by atoms with van der Waals surface area (Å²) in [7, 11) is 1.39. The zero-order chi connectivity index (χ0) is 14.5.